The number of non-ortho nitro benzene ring substituents is 1. The van der Waals surface area contributed by atoms with Crippen molar-refractivity contribution in [3.05, 3.63) is 86.1 Å². The first-order chi connectivity index (χ1) is 12.0. The maximum Gasteiger partial charge on any atom is 0.274 e. The molecule has 0 bridgehead atoms. The third-order valence-electron chi connectivity index (χ3n) is 3.39. The molecule has 3 rings (SSSR count). The molecular weight excluding hydrogens is 329 g/mol. The number of nitrogens with one attached hydrogen (secondary N) is 2. The molecule has 0 spiro atoms. The largest absolute Gasteiger partial charge is 0.324 e. The van der Waals surface area contributed by atoms with Gasteiger partial charge < -0.3 is 5.32 Å². The Morgan fingerprint density at radius 3 is 2.36 bits per heavy atom. The fourth-order valence-corrected chi connectivity index (χ4v) is 2.13. The van der Waals surface area contributed by atoms with Crippen molar-refractivity contribution in [2.75, 3.05) is 5.32 Å². The number of nitrogens with zero attached hydrogens (tertiary/aromatic N) is 3. The Balaban J connectivity index is 1.74. The van der Waals surface area contributed by atoms with Crippen LogP contribution in [0.3, 0.4) is 0 Å². The zero-order valence-corrected chi connectivity index (χ0v) is 12.8. The Labute approximate surface area is 140 Å². The van der Waals surface area contributed by atoms with Gasteiger partial charge in [0.15, 0.2) is 0 Å². The lowest BCUT2D eigenvalue weighted by Gasteiger charge is -2.05. The van der Waals surface area contributed by atoms with Gasteiger partial charge in [-0.3, -0.25) is 19.9 Å². The number of benzene rings is 2. The second kappa shape index (κ2) is 6.87. The topological polar surface area (TPSA) is 114 Å². The van der Waals surface area contributed by atoms with Gasteiger partial charge in [0.05, 0.1) is 4.92 Å². The highest BCUT2D eigenvalue weighted by atomic mass is 19.1. The van der Waals surface area contributed by atoms with Crippen LogP contribution in [0.25, 0.3) is 0 Å². The molecule has 0 amide bonds. The first-order valence-electron chi connectivity index (χ1n) is 7.23. The van der Waals surface area contributed by atoms with Gasteiger partial charge in [-0.05, 0) is 29.8 Å². The number of aromatic nitrogens is 3. The standard InChI is InChI=1S/C16H12FN5O3/c17-11-3-1-10(2-4-11)9-14-15(23)19-16(21-20-14)18-12-5-7-13(8-6-12)22(24)25/h1-8H,9H2,(H2,18,19,21,23). The first kappa shape index (κ1) is 16.2. The van der Waals surface area contributed by atoms with Crippen molar-refractivity contribution in [1.82, 2.24) is 15.2 Å². The van der Waals surface area contributed by atoms with Gasteiger partial charge in [-0.15, -0.1) is 10.2 Å². The Morgan fingerprint density at radius 1 is 1.08 bits per heavy atom. The molecule has 2 N–H and O–H groups in total. The number of nitro benzene ring substituents is 1. The molecule has 25 heavy (non-hydrogen) atoms. The lowest BCUT2D eigenvalue weighted by Crippen LogP contribution is -2.18. The minimum atomic E-state index is -0.504. The average Bonchev–Trinajstić information content (AvgIpc) is 2.60. The molecule has 2 aromatic carbocycles. The van der Waals surface area contributed by atoms with E-state index >= 15 is 0 Å². The second-order valence-electron chi connectivity index (χ2n) is 5.18. The molecule has 0 saturated carbocycles. The third-order valence-corrected chi connectivity index (χ3v) is 3.39. The number of anilines is 2. The number of hydrogen-bond donors (Lipinski definition) is 2. The molecule has 0 fully saturated rings. The normalized spacial score (nSPS) is 10.4. The van der Waals surface area contributed by atoms with Gasteiger partial charge in [-0.2, -0.15) is 0 Å². The summed E-state index contributed by atoms with van der Waals surface area (Å²) in [7, 11) is 0. The van der Waals surface area contributed by atoms with E-state index in [1.54, 1.807) is 12.1 Å². The van der Waals surface area contributed by atoms with Crippen LogP contribution < -0.4 is 10.9 Å². The van der Waals surface area contributed by atoms with E-state index in [0.717, 1.165) is 5.56 Å². The summed E-state index contributed by atoms with van der Waals surface area (Å²) in [6.45, 7) is 0. The zero-order chi connectivity index (χ0) is 17.8. The maximum absolute atomic E-state index is 12.9. The van der Waals surface area contributed by atoms with Crippen LogP contribution in [0.4, 0.5) is 21.7 Å². The average molecular weight is 341 g/mol. The van der Waals surface area contributed by atoms with E-state index in [1.165, 1.54) is 36.4 Å². The predicted molar refractivity (Wildman–Crippen MR) is 88.2 cm³/mol. The highest BCUT2D eigenvalue weighted by Crippen LogP contribution is 2.17. The summed E-state index contributed by atoms with van der Waals surface area (Å²) < 4.78 is 12.9. The second-order valence-corrected chi connectivity index (χ2v) is 5.18. The van der Waals surface area contributed by atoms with Crippen molar-refractivity contribution in [2.24, 2.45) is 0 Å². The van der Waals surface area contributed by atoms with Gasteiger partial charge in [-0.1, -0.05) is 12.1 Å². The van der Waals surface area contributed by atoms with Gasteiger partial charge in [0.1, 0.15) is 11.5 Å². The lowest BCUT2D eigenvalue weighted by molar-refractivity contribution is -0.384. The molecule has 8 nitrogen and oxygen atoms in total. The SMILES string of the molecule is O=c1[nH]c(Nc2ccc([N+](=O)[O-])cc2)nnc1Cc1ccc(F)cc1. The zero-order valence-electron chi connectivity index (χ0n) is 12.8. The molecule has 0 aliphatic rings. The summed E-state index contributed by atoms with van der Waals surface area (Å²) in [6.07, 6.45) is 0.223. The minimum Gasteiger partial charge on any atom is -0.324 e. The van der Waals surface area contributed by atoms with Crippen LogP contribution in [-0.4, -0.2) is 20.1 Å². The minimum absolute atomic E-state index is 0.0419. The van der Waals surface area contributed by atoms with Crippen LogP contribution in [0.1, 0.15) is 11.3 Å². The smallest absolute Gasteiger partial charge is 0.274 e. The maximum atomic E-state index is 12.9. The van der Waals surface area contributed by atoms with Gasteiger partial charge in [0, 0.05) is 24.2 Å². The summed E-state index contributed by atoms with van der Waals surface area (Å²) in [5, 5.41) is 21.2. The van der Waals surface area contributed by atoms with Gasteiger partial charge >= 0.3 is 0 Å². The van der Waals surface area contributed by atoms with Crippen molar-refractivity contribution in [3.8, 4) is 0 Å². The van der Waals surface area contributed by atoms with Crippen molar-refractivity contribution in [3.63, 3.8) is 0 Å². The highest BCUT2D eigenvalue weighted by molar-refractivity contribution is 5.55. The number of nitro groups is 1. The Morgan fingerprint density at radius 2 is 1.76 bits per heavy atom. The van der Waals surface area contributed by atoms with Crippen LogP contribution in [0.15, 0.2) is 53.3 Å². The molecule has 9 heteroatoms. The Bertz CT molecular complexity index is 955. The van der Waals surface area contributed by atoms with Gasteiger partial charge in [-0.25, -0.2) is 4.39 Å². The lowest BCUT2D eigenvalue weighted by atomic mass is 10.1. The van der Waals surface area contributed by atoms with Gasteiger partial charge in [0.2, 0.25) is 5.95 Å². The summed E-state index contributed by atoms with van der Waals surface area (Å²) in [5.41, 5.74) is 0.975. The van der Waals surface area contributed by atoms with E-state index < -0.39 is 10.5 Å². The summed E-state index contributed by atoms with van der Waals surface area (Å²) >= 11 is 0. The van der Waals surface area contributed by atoms with Crippen molar-refractivity contribution in [1.29, 1.82) is 0 Å². The van der Waals surface area contributed by atoms with E-state index in [9.17, 15) is 19.3 Å². The van der Waals surface area contributed by atoms with Crippen LogP contribution in [0.5, 0.6) is 0 Å². The molecule has 0 aliphatic heterocycles. The van der Waals surface area contributed by atoms with Crippen LogP contribution >= 0.6 is 0 Å². The van der Waals surface area contributed by atoms with Crippen molar-refractivity contribution in [2.45, 2.75) is 6.42 Å². The van der Waals surface area contributed by atoms with E-state index in [2.05, 4.69) is 20.5 Å². The molecule has 0 radical (unpaired) electrons. The molecule has 126 valence electrons. The van der Waals surface area contributed by atoms with Gasteiger partial charge in [0.25, 0.3) is 11.2 Å². The summed E-state index contributed by atoms with van der Waals surface area (Å²) in [5.74, 6) is -0.243. The molecule has 1 heterocycles. The quantitative estimate of drug-likeness (QED) is 0.544. The summed E-state index contributed by atoms with van der Waals surface area (Å²) in [6, 6.07) is 11.4. The summed E-state index contributed by atoms with van der Waals surface area (Å²) in [4.78, 5) is 24.7. The van der Waals surface area contributed by atoms with Crippen LogP contribution in [0, 0.1) is 15.9 Å². The number of aromatic amines is 1. The number of H-pyrrole nitrogens is 1. The molecular formula is C16H12FN5O3. The molecule has 0 atom stereocenters. The van der Waals surface area contributed by atoms with Crippen molar-refractivity contribution < 1.29 is 9.31 Å². The Kier molecular flexibility index (Phi) is 4.46. The van der Waals surface area contributed by atoms with E-state index in [-0.39, 0.29) is 29.6 Å². The number of rotatable bonds is 5. The molecule has 3 aromatic rings. The van der Waals surface area contributed by atoms with Crippen LogP contribution in [-0.2, 0) is 6.42 Å². The monoisotopic (exact) mass is 341 g/mol. The molecule has 0 aliphatic carbocycles. The molecule has 0 unspecified atom stereocenters. The number of hydrogen-bond acceptors (Lipinski definition) is 6. The van der Waals surface area contributed by atoms with Crippen molar-refractivity contribution >= 4 is 17.3 Å². The molecule has 0 saturated heterocycles. The fraction of sp³-hybridized carbons (Fsp3) is 0.0625. The molecule has 1 aromatic heterocycles. The van der Waals surface area contributed by atoms with Crippen LogP contribution in [0.2, 0.25) is 0 Å². The van der Waals surface area contributed by atoms with E-state index in [4.69, 9.17) is 0 Å². The number of halogens is 1. The third kappa shape index (κ3) is 4.02. The fourth-order valence-electron chi connectivity index (χ4n) is 2.13. The Hall–Kier alpha value is -3.62. The first-order valence-corrected chi connectivity index (χ1v) is 7.23. The highest BCUT2D eigenvalue weighted by Gasteiger charge is 2.08. The predicted octanol–water partition coefficient (Wildman–Crippen LogP) is 2.55. The van der Waals surface area contributed by atoms with E-state index in [1.807, 2.05) is 0 Å². The van der Waals surface area contributed by atoms with E-state index in [0.29, 0.717) is 5.69 Å².